The summed E-state index contributed by atoms with van der Waals surface area (Å²) in [5, 5.41) is 21.9. The molecule has 88 valence electrons. The maximum Gasteiger partial charge on any atom is 0.271 e. The first kappa shape index (κ1) is 13.5. The summed E-state index contributed by atoms with van der Waals surface area (Å²) in [6.07, 6.45) is 3.49. The van der Waals surface area contributed by atoms with Crippen molar-refractivity contribution in [2.75, 3.05) is 6.26 Å². The lowest BCUT2D eigenvalue weighted by Crippen LogP contribution is -2.12. The monoisotopic (exact) mass is 314 g/mol. The van der Waals surface area contributed by atoms with E-state index in [0.29, 0.717) is 15.3 Å². The molecule has 0 radical (unpaired) electrons. The zero-order valence-electron chi connectivity index (χ0n) is 8.68. The van der Waals surface area contributed by atoms with E-state index in [9.17, 15) is 10.1 Å². The molecule has 1 N–H and O–H groups in total. The molecular formula is C9H7BrN4O2S. The van der Waals surface area contributed by atoms with Gasteiger partial charge in [0.2, 0.25) is 0 Å². The maximum absolute atomic E-state index is 10.6. The van der Waals surface area contributed by atoms with Crippen LogP contribution in [0.1, 0.15) is 0 Å². The van der Waals surface area contributed by atoms with Crippen molar-refractivity contribution in [3.8, 4) is 6.19 Å². The quantitative estimate of drug-likeness (QED) is 0.226. The number of halogens is 1. The molecular weight excluding hydrogens is 308 g/mol. The van der Waals surface area contributed by atoms with Gasteiger partial charge in [0.25, 0.3) is 5.69 Å². The van der Waals surface area contributed by atoms with Crippen LogP contribution in [-0.2, 0) is 0 Å². The van der Waals surface area contributed by atoms with Crippen LogP contribution in [0, 0.1) is 21.6 Å². The molecule has 0 spiro atoms. The number of aliphatic imine (C=N–C) groups is 1. The topological polar surface area (TPSA) is 91.3 Å². The molecule has 0 saturated heterocycles. The van der Waals surface area contributed by atoms with Crippen molar-refractivity contribution in [2.45, 2.75) is 0 Å². The molecule has 0 heterocycles. The third kappa shape index (κ3) is 3.72. The Kier molecular flexibility index (Phi) is 4.93. The molecule has 0 aliphatic carbocycles. The molecule has 0 bridgehead atoms. The molecule has 0 fully saturated rings. The molecule has 1 aromatic rings. The van der Waals surface area contributed by atoms with Crippen LogP contribution in [0.2, 0.25) is 0 Å². The number of amidine groups is 1. The van der Waals surface area contributed by atoms with Gasteiger partial charge in [-0.15, -0.1) is 0 Å². The third-order valence-corrected chi connectivity index (χ3v) is 2.97. The minimum absolute atomic E-state index is 0.0515. The minimum Gasteiger partial charge on any atom is -0.271 e. The Morgan fingerprint density at radius 2 is 2.41 bits per heavy atom. The molecule has 0 saturated carbocycles. The number of hydrogen-bond donors (Lipinski definition) is 1. The van der Waals surface area contributed by atoms with Gasteiger partial charge >= 0.3 is 0 Å². The summed E-state index contributed by atoms with van der Waals surface area (Å²) in [7, 11) is 0. The molecule has 8 heteroatoms. The van der Waals surface area contributed by atoms with E-state index in [2.05, 4.69) is 26.2 Å². The Labute approximate surface area is 110 Å². The predicted molar refractivity (Wildman–Crippen MR) is 70.2 cm³/mol. The number of hydrogen-bond acceptors (Lipinski definition) is 5. The average Bonchev–Trinajstić information content (AvgIpc) is 2.30. The van der Waals surface area contributed by atoms with E-state index in [1.54, 1.807) is 18.5 Å². The summed E-state index contributed by atoms with van der Waals surface area (Å²) < 4.78 is 0.620. The van der Waals surface area contributed by atoms with E-state index >= 15 is 0 Å². The highest BCUT2D eigenvalue weighted by atomic mass is 79.9. The molecule has 1 rings (SSSR count). The Balaban J connectivity index is 3.17. The summed E-state index contributed by atoms with van der Waals surface area (Å²) in [5.74, 6) is 0. The van der Waals surface area contributed by atoms with Gasteiger partial charge in [0.05, 0.1) is 10.6 Å². The van der Waals surface area contributed by atoms with Gasteiger partial charge in [-0.1, -0.05) is 11.8 Å². The number of rotatable bonds is 2. The van der Waals surface area contributed by atoms with Gasteiger partial charge in [0.15, 0.2) is 11.4 Å². The second-order valence-corrected chi connectivity index (χ2v) is 4.40. The lowest BCUT2D eigenvalue weighted by Gasteiger charge is -2.02. The molecule has 17 heavy (non-hydrogen) atoms. The Morgan fingerprint density at radius 1 is 1.71 bits per heavy atom. The minimum atomic E-state index is -0.498. The Hall–Kier alpha value is -1.59. The molecule has 0 aromatic heterocycles. The smallest absolute Gasteiger partial charge is 0.271 e. The van der Waals surface area contributed by atoms with Gasteiger partial charge in [-0.3, -0.25) is 15.4 Å². The summed E-state index contributed by atoms with van der Waals surface area (Å²) >= 11 is 4.48. The molecule has 0 atom stereocenters. The predicted octanol–water partition coefficient (Wildman–Crippen LogP) is 2.78. The Morgan fingerprint density at radius 3 is 2.94 bits per heavy atom. The third-order valence-electron chi connectivity index (χ3n) is 1.72. The van der Waals surface area contributed by atoms with Crippen LogP contribution >= 0.6 is 27.7 Å². The van der Waals surface area contributed by atoms with E-state index in [-0.39, 0.29) is 5.69 Å². The van der Waals surface area contributed by atoms with Crippen LogP contribution in [0.5, 0.6) is 0 Å². The van der Waals surface area contributed by atoms with Crippen molar-refractivity contribution < 1.29 is 4.92 Å². The van der Waals surface area contributed by atoms with Crippen molar-refractivity contribution in [3.05, 3.63) is 32.8 Å². The van der Waals surface area contributed by atoms with E-state index in [0.717, 1.165) is 0 Å². The van der Waals surface area contributed by atoms with Crippen LogP contribution in [0.25, 0.3) is 0 Å². The van der Waals surface area contributed by atoms with Gasteiger partial charge in [0.1, 0.15) is 0 Å². The highest BCUT2D eigenvalue weighted by Gasteiger charge is 2.09. The number of thioether (sulfide) groups is 1. The van der Waals surface area contributed by atoms with Crippen LogP contribution in [-0.4, -0.2) is 16.3 Å². The zero-order chi connectivity index (χ0) is 12.8. The molecule has 6 nitrogen and oxygen atoms in total. The van der Waals surface area contributed by atoms with Crippen LogP contribution in [0.3, 0.4) is 0 Å². The number of nitrogens with one attached hydrogen (secondary N) is 1. The second kappa shape index (κ2) is 6.22. The van der Waals surface area contributed by atoms with Crippen LogP contribution in [0.4, 0.5) is 11.4 Å². The fourth-order valence-corrected chi connectivity index (χ4v) is 1.65. The lowest BCUT2D eigenvalue weighted by molar-refractivity contribution is -0.384. The SMILES string of the molecule is CSC(=Nc1cc([N+](=O)[O-])ccc1Br)NC#N. The van der Waals surface area contributed by atoms with Crippen molar-refractivity contribution >= 4 is 44.2 Å². The number of non-ortho nitro benzene ring substituents is 1. The first-order valence-electron chi connectivity index (χ1n) is 4.30. The lowest BCUT2D eigenvalue weighted by atomic mass is 10.3. The summed E-state index contributed by atoms with van der Waals surface area (Å²) in [5.41, 5.74) is 0.343. The maximum atomic E-state index is 10.6. The van der Waals surface area contributed by atoms with Gasteiger partial charge in [-0.2, -0.15) is 5.26 Å². The van der Waals surface area contributed by atoms with Crippen LogP contribution < -0.4 is 5.32 Å². The first-order valence-corrected chi connectivity index (χ1v) is 6.32. The standard InChI is InChI=1S/C9H7BrN4O2S/c1-17-9(12-5-11)13-8-4-6(14(15)16)2-3-7(8)10/h2-4H,1H3,(H,12,13). The van der Waals surface area contributed by atoms with E-state index in [4.69, 9.17) is 5.26 Å². The first-order chi connectivity index (χ1) is 8.08. The Bertz CT molecular complexity index is 512. The van der Waals surface area contributed by atoms with Gasteiger partial charge in [-0.05, 0) is 28.3 Å². The van der Waals surface area contributed by atoms with E-state index in [1.165, 1.54) is 23.9 Å². The largest absolute Gasteiger partial charge is 0.271 e. The number of benzene rings is 1. The van der Waals surface area contributed by atoms with Crippen molar-refractivity contribution in [1.29, 1.82) is 5.26 Å². The second-order valence-electron chi connectivity index (χ2n) is 2.75. The van der Waals surface area contributed by atoms with Gasteiger partial charge in [0, 0.05) is 16.6 Å². The molecule has 0 aliphatic heterocycles. The highest BCUT2D eigenvalue weighted by Crippen LogP contribution is 2.30. The van der Waals surface area contributed by atoms with Crippen molar-refractivity contribution in [2.24, 2.45) is 4.99 Å². The summed E-state index contributed by atoms with van der Waals surface area (Å²) in [6, 6.07) is 4.25. The molecule has 0 unspecified atom stereocenters. The number of nitro benzene ring substituents is 1. The number of nitrogens with zero attached hydrogens (tertiary/aromatic N) is 3. The normalized spacial score (nSPS) is 10.8. The molecule has 0 amide bonds. The molecule has 1 aromatic carbocycles. The zero-order valence-corrected chi connectivity index (χ0v) is 11.1. The average molecular weight is 315 g/mol. The highest BCUT2D eigenvalue weighted by molar-refractivity contribution is 9.10. The van der Waals surface area contributed by atoms with Crippen molar-refractivity contribution in [1.82, 2.24) is 5.32 Å². The number of nitro groups is 1. The van der Waals surface area contributed by atoms with Crippen molar-refractivity contribution in [3.63, 3.8) is 0 Å². The van der Waals surface area contributed by atoms with Gasteiger partial charge < -0.3 is 0 Å². The van der Waals surface area contributed by atoms with E-state index in [1.807, 2.05) is 0 Å². The fourth-order valence-electron chi connectivity index (χ4n) is 0.982. The fraction of sp³-hybridized carbons (Fsp3) is 0.111. The summed E-state index contributed by atoms with van der Waals surface area (Å²) in [6.45, 7) is 0. The number of nitriles is 1. The molecule has 0 aliphatic rings. The summed E-state index contributed by atoms with van der Waals surface area (Å²) in [4.78, 5) is 14.2. The van der Waals surface area contributed by atoms with E-state index < -0.39 is 4.92 Å². The van der Waals surface area contributed by atoms with Crippen LogP contribution in [0.15, 0.2) is 27.7 Å². The van der Waals surface area contributed by atoms with Gasteiger partial charge in [-0.25, -0.2) is 4.99 Å².